The maximum Gasteiger partial charge on any atom is 0.251 e. The van der Waals surface area contributed by atoms with Crippen LogP contribution in [0.5, 0.6) is 5.75 Å². The van der Waals surface area contributed by atoms with Crippen molar-refractivity contribution in [3.63, 3.8) is 0 Å². The van der Waals surface area contributed by atoms with E-state index in [9.17, 15) is 9.59 Å². The Morgan fingerprint density at radius 1 is 0.833 bits per heavy atom. The average molecular weight is 486 g/mol. The zero-order valence-corrected chi connectivity index (χ0v) is 20.7. The van der Waals surface area contributed by atoms with E-state index in [2.05, 4.69) is 28.1 Å². The number of rotatable bonds is 11. The summed E-state index contributed by atoms with van der Waals surface area (Å²) in [5, 5.41) is 9.17. The summed E-state index contributed by atoms with van der Waals surface area (Å²) in [6, 6.07) is 25.3. The molecule has 0 aliphatic heterocycles. The number of carbonyl (C=O) groups excluding carboxylic acids is 2. The highest BCUT2D eigenvalue weighted by molar-refractivity contribution is 5.96. The summed E-state index contributed by atoms with van der Waals surface area (Å²) in [4.78, 5) is 25.0. The van der Waals surface area contributed by atoms with Crippen LogP contribution in [0.4, 0.5) is 11.4 Å². The second kappa shape index (κ2) is 13.3. The fraction of sp³-hybridized carbons (Fsp3) is 0.333. The predicted molar refractivity (Wildman–Crippen MR) is 145 cm³/mol. The number of anilines is 2. The number of carbonyl (C=O) groups is 2. The van der Waals surface area contributed by atoms with Gasteiger partial charge in [-0.25, -0.2) is 0 Å². The third-order valence-corrected chi connectivity index (χ3v) is 6.41. The zero-order valence-electron chi connectivity index (χ0n) is 20.7. The standard InChI is InChI=1S/C30H35N3O3/c34-29(22-31-25-19-17-24(18-20-25)30(35)32-26-13-5-2-6-14-26)33-27-15-7-8-16-28(27)36-21-9-12-23-10-3-1-4-11-23/h1,3-4,7-8,10-11,15-20,26,31H,2,5-6,9,12-14,21-22H2,(H,32,35)(H,33,34). The maximum absolute atomic E-state index is 12.6. The van der Waals surface area contributed by atoms with Gasteiger partial charge < -0.3 is 20.7 Å². The van der Waals surface area contributed by atoms with Gasteiger partial charge in [0, 0.05) is 17.3 Å². The molecular formula is C30H35N3O3. The minimum atomic E-state index is -0.172. The van der Waals surface area contributed by atoms with Crippen molar-refractivity contribution >= 4 is 23.2 Å². The molecule has 0 radical (unpaired) electrons. The summed E-state index contributed by atoms with van der Waals surface area (Å²) in [5.41, 5.74) is 3.35. The molecule has 1 saturated carbocycles. The summed E-state index contributed by atoms with van der Waals surface area (Å²) in [7, 11) is 0. The van der Waals surface area contributed by atoms with Crippen LogP contribution in [-0.2, 0) is 11.2 Å². The fourth-order valence-corrected chi connectivity index (χ4v) is 4.43. The van der Waals surface area contributed by atoms with Crippen molar-refractivity contribution < 1.29 is 14.3 Å². The molecule has 0 unspecified atom stereocenters. The monoisotopic (exact) mass is 485 g/mol. The molecule has 3 aromatic rings. The highest BCUT2D eigenvalue weighted by atomic mass is 16.5. The van der Waals surface area contributed by atoms with Crippen molar-refractivity contribution in [1.82, 2.24) is 5.32 Å². The van der Waals surface area contributed by atoms with E-state index >= 15 is 0 Å². The molecule has 1 fully saturated rings. The minimum Gasteiger partial charge on any atom is -0.491 e. The maximum atomic E-state index is 12.6. The molecule has 0 aromatic heterocycles. The Bertz CT molecular complexity index is 1110. The first kappa shape index (κ1) is 25.3. The Hall–Kier alpha value is -3.80. The van der Waals surface area contributed by atoms with Gasteiger partial charge in [0.05, 0.1) is 18.8 Å². The molecular weight excluding hydrogens is 450 g/mol. The lowest BCUT2D eigenvalue weighted by molar-refractivity contribution is -0.114. The molecule has 0 heterocycles. The van der Waals surface area contributed by atoms with Crippen LogP contribution in [0, 0.1) is 0 Å². The van der Waals surface area contributed by atoms with E-state index in [1.54, 1.807) is 12.1 Å². The second-order valence-corrected chi connectivity index (χ2v) is 9.22. The lowest BCUT2D eigenvalue weighted by Gasteiger charge is -2.22. The van der Waals surface area contributed by atoms with E-state index < -0.39 is 0 Å². The second-order valence-electron chi connectivity index (χ2n) is 9.22. The Morgan fingerprint density at radius 2 is 1.56 bits per heavy atom. The SMILES string of the molecule is O=C(CNc1ccc(C(=O)NC2CCCCC2)cc1)Nc1ccccc1OCCCc1ccccc1. The van der Waals surface area contributed by atoms with Crippen LogP contribution in [-0.4, -0.2) is 31.0 Å². The van der Waals surface area contributed by atoms with E-state index in [4.69, 9.17) is 4.74 Å². The third-order valence-electron chi connectivity index (χ3n) is 6.41. The van der Waals surface area contributed by atoms with E-state index in [0.29, 0.717) is 23.6 Å². The summed E-state index contributed by atoms with van der Waals surface area (Å²) >= 11 is 0. The average Bonchev–Trinajstić information content (AvgIpc) is 2.92. The quantitative estimate of drug-likeness (QED) is 0.299. The van der Waals surface area contributed by atoms with Crippen molar-refractivity contribution in [2.75, 3.05) is 23.8 Å². The molecule has 0 spiro atoms. The van der Waals surface area contributed by atoms with Crippen LogP contribution in [0.2, 0.25) is 0 Å². The molecule has 0 saturated heterocycles. The van der Waals surface area contributed by atoms with Gasteiger partial charge in [0.25, 0.3) is 5.91 Å². The van der Waals surface area contributed by atoms with Crippen LogP contribution >= 0.6 is 0 Å². The van der Waals surface area contributed by atoms with Gasteiger partial charge in [0.15, 0.2) is 0 Å². The molecule has 1 aliphatic rings. The smallest absolute Gasteiger partial charge is 0.251 e. The Kier molecular flexibility index (Phi) is 9.37. The van der Waals surface area contributed by atoms with Crippen LogP contribution in [0.1, 0.15) is 54.4 Å². The van der Waals surface area contributed by atoms with Gasteiger partial charge in [0.2, 0.25) is 5.91 Å². The lowest BCUT2D eigenvalue weighted by atomic mass is 9.95. The number of ether oxygens (including phenoxy) is 1. The first-order valence-corrected chi connectivity index (χ1v) is 12.9. The molecule has 6 nitrogen and oxygen atoms in total. The molecule has 3 aromatic carbocycles. The van der Waals surface area contributed by atoms with Crippen LogP contribution < -0.4 is 20.7 Å². The van der Waals surface area contributed by atoms with Gasteiger partial charge in [-0.15, -0.1) is 0 Å². The minimum absolute atomic E-state index is 0.0356. The predicted octanol–water partition coefficient (Wildman–Crippen LogP) is 5.81. The summed E-state index contributed by atoms with van der Waals surface area (Å²) < 4.78 is 5.94. The third kappa shape index (κ3) is 7.87. The van der Waals surface area contributed by atoms with E-state index in [0.717, 1.165) is 31.4 Å². The Balaban J connectivity index is 1.21. The van der Waals surface area contributed by atoms with Crippen molar-refractivity contribution in [3.8, 4) is 5.75 Å². The molecule has 2 amide bonds. The molecule has 4 rings (SSSR count). The molecule has 6 heteroatoms. The van der Waals surface area contributed by atoms with Gasteiger partial charge in [-0.05, 0) is 67.6 Å². The molecule has 1 aliphatic carbocycles. The molecule has 3 N–H and O–H groups in total. The van der Waals surface area contributed by atoms with Crippen molar-refractivity contribution in [3.05, 3.63) is 90.0 Å². The van der Waals surface area contributed by atoms with Gasteiger partial charge in [-0.1, -0.05) is 61.7 Å². The van der Waals surface area contributed by atoms with E-state index in [-0.39, 0.29) is 24.4 Å². The molecule has 188 valence electrons. The van der Waals surface area contributed by atoms with Gasteiger partial charge in [-0.2, -0.15) is 0 Å². The van der Waals surface area contributed by atoms with Gasteiger partial charge in [0.1, 0.15) is 5.75 Å². The summed E-state index contributed by atoms with van der Waals surface area (Å²) in [6.45, 7) is 0.677. The Labute approximate surface area is 213 Å². The zero-order chi connectivity index (χ0) is 25.0. The fourth-order valence-electron chi connectivity index (χ4n) is 4.43. The summed E-state index contributed by atoms with van der Waals surface area (Å²) in [6.07, 6.45) is 7.57. The van der Waals surface area contributed by atoms with Crippen LogP contribution in [0.25, 0.3) is 0 Å². The lowest BCUT2D eigenvalue weighted by Crippen LogP contribution is -2.36. The Morgan fingerprint density at radius 3 is 2.33 bits per heavy atom. The largest absolute Gasteiger partial charge is 0.491 e. The number of nitrogens with one attached hydrogen (secondary N) is 3. The number of hydrogen-bond acceptors (Lipinski definition) is 4. The topological polar surface area (TPSA) is 79.5 Å². The van der Waals surface area contributed by atoms with E-state index in [1.807, 2.05) is 54.6 Å². The number of para-hydroxylation sites is 2. The highest BCUT2D eigenvalue weighted by Gasteiger charge is 2.16. The molecule has 36 heavy (non-hydrogen) atoms. The van der Waals surface area contributed by atoms with Gasteiger partial charge in [-0.3, -0.25) is 9.59 Å². The van der Waals surface area contributed by atoms with Crippen molar-refractivity contribution in [2.45, 2.75) is 51.0 Å². The highest BCUT2D eigenvalue weighted by Crippen LogP contribution is 2.24. The molecule has 0 bridgehead atoms. The molecule has 0 atom stereocenters. The number of amides is 2. The first-order chi connectivity index (χ1) is 17.7. The normalized spacial score (nSPS) is 13.6. The van der Waals surface area contributed by atoms with E-state index in [1.165, 1.54) is 24.8 Å². The van der Waals surface area contributed by atoms with Crippen molar-refractivity contribution in [1.29, 1.82) is 0 Å². The number of hydrogen-bond donors (Lipinski definition) is 3. The number of benzene rings is 3. The van der Waals surface area contributed by atoms with Crippen LogP contribution in [0.3, 0.4) is 0 Å². The van der Waals surface area contributed by atoms with Crippen LogP contribution in [0.15, 0.2) is 78.9 Å². The van der Waals surface area contributed by atoms with Gasteiger partial charge >= 0.3 is 0 Å². The number of aryl methyl sites for hydroxylation is 1. The van der Waals surface area contributed by atoms with Crippen molar-refractivity contribution in [2.24, 2.45) is 0 Å². The summed E-state index contributed by atoms with van der Waals surface area (Å²) in [5.74, 6) is 0.452. The first-order valence-electron chi connectivity index (χ1n) is 12.9.